The van der Waals surface area contributed by atoms with Crippen molar-refractivity contribution in [2.24, 2.45) is 0 Å². The van der Waals surface area contributed by atoms with Crippen molar-refractivity contribution in [1.82, 2.24) is 4.98 Å². The van der Waals surface area contributed by atoms with Crippen LogP contribution in [0.4, 0.5) is 0 Å². The minimum absolute atomic E-state index is 0.565. The highest BCUT2D eigenvalue weighted by atomic mass is 16.5. The van der Waals surface area contributed by atoms with Gasteiger partial charge in [0.1, 0.15) is 6.61 Å². The second kappa shape index (κ2) is 6.38. The van der Waals surface area contributed by atoms with Crippen LogP contribution in [0, 0.1) is 0 Å². The molecule has 1 aromatic heterocycles. The fourth-order valence-electron chi connectivity index (χ4n) is 2.49. The summed E-state index contributed by atoms with van der Waals surface area (Å²) in [6.07, 6.45) is 9.24. The number of rotatable bonds is 4. The molecule has 0 saturated carbocycles. The van der Waals surface area contributed by atoms with Gasteiger partial charge in [-0.15, -0.1) is 0 Å². The summed E-state index contributed by atoms with van der Waals surface area (Å²) in [7, 11) is 0. The molecule has 3 rings (SSSR count). The molecule has 102 valence electrons. The summed E-state index contributed by atoms with van der Waals surface area (Å²) in [5, 5.41) is 0. The first-order valence-corrected chi connectivity index (χ1v) is 7.24. The molecule has 1 heterocycles. The third kappa shape index (κ3) is 3.27. The SMILES string of the molecule is C1=C(c2ccc(OCc3ccccc3)nc2)CCCC1. The van der Waals surface area contributed by atoms with Crippen LogP contribution in [-0.2, 0) is 6.61 Å². The van der Waals surface area contributed by atoms with Crippen LogP contribution in [0.25, 0.3) is 5.57 Å². The molecule has 1 aliphatic carbocycles. The highest BCUT2D eigenvalue weighted by Gasteiger charge is 2.06. The van der Waals surface area contributed by atoms with Crippen molar-refractivity contribution in [2.75, 3.05) is 0 Å². The van der Waals surface area contributed by atoms with Crippen molar-refractivity contribution in [1.29, 1.82) is 0 Å². The van der Waals surface area contributed by atoms with E-state index in [1.165, 1.54) is 36.8 Å². The Kier molecular flexibility index (Phi) is 4.12. The summed E-state index contributed by atoms with van der Waals surface area (Å²) in [4.78, 5) is 4.41. The normalized spacial score (nSPS) is 14.7. The lowest BCUT2D eigenvalue weighted by Crippen LogP contribution is -1.98. The van der Waals surface area contributed by atoms with Gasteiger partial charge in [-0.25, -0.2) is 4.98 Å². The lowest BCUT2D eigenvalue weighted by Gasteiger charge is -2.13. The van der Waals surface area contributed by atoms with E-state index in [9.17, 15) is 0 Å². The summed E-state index contributed by atoms with van der Waals surface area (Å²) >= 11 is 0. The van der Waals surface area contributed by atoms with Gasteiger partial charge in [0.2, 0.25) is 5.88 Å². The molecule has 0 saturated heterocycles. The zero-order valence-electron chi connectivity index (χ0n) is 11.6. The Morgan fingerprint density at radius 3 is 2.60 bits per heavy atom. The summed E-state index contributed by atoms with van der Waals surface area (Å²) in [5.74, 6) is 0.689. The minimum Gasteiger partial charge on any atom is -0.473 e. The molecule has 0 bridgehead atoms. The summed E-state index contributed by atoms with van der Waals surface area (Å²) in [6, 6.07) is 14.2. The van der Waals surface area contributed by atoms with Crippen LogP contribution in [0.5, 0.6) is 5.88 Å². The minimum atomic E-state index is 0.565. The van der Waals surface area contributed by atoms with Gasteiger partial charge in [0.25, 0.3) is 0 Å². The van der Waals surface area contributed by atoms with Crippen molar-refractivity contribution < 1.29 is 4.74 Å². The maximum absolute atomic E-state index is 5.70. The molecule has 0 atom stereocenters. The van der Waals surface area contributed by atoms with Crippen LogP contribution in [0.2, 0.25) is 0 Å². The van der Waals surface area contributed by atoms with Gasteiger partial charge in [-0.05, 0) is 48.4 Å². The molecule has 0 spiro atoms. The molecule has 0 N–H and O–H groups in total. The zero-order chi connectivity index (χ0) is 13.6. The van der Waals surface area contributed by atoms with Gasteiger partial charge in [-0.2, -0.15) is 0 Å². The largest absolute Gasteiger partial charge is 0.473 e. The number of pyridine rings is 1. The Labute approximate surface area is 120 Å². The predicted octanol–water partition coefficient (Wildman–Crippen LogP) is 4.62. The van der Waals surface area contributed by atoms with E-state index in [1.54, 1.807) is 0 Å². The number of ether oxygens (including phenoxy) is 1. The number of nitrogens with zero attached hydrogens (tertiary/aromatic N) is 1. The Hall–Kier alpha value is -2.09. The molecule has 1 aliphatic rings. The van der Waals surface area contributed by atoms with Gasteiger partial charge in [0.15, 0.2) is 0 Å². The molecule has 0 radical (unpaired) electrons. The van der Waals surface area contributed by atoms with E-state index in [1.807, 2.05) is 30.5 Å². The zero-order valence-corrected chi connectivity index (χ0v) is 11.6. The second-order valence-electron chi connectivity index (χ2n) is 5.13. The van der Waals surface area contributed by atoms with E-state index in [2.05, 4.69) is 29.3 Å². The van der Waals surface area contributed by atoms with Gasteiger partial charge in [-0.3, -0.25) is 0 Å². The van der Waals surface area contributed by atoms with E-state index in [-0.39, 0.29) is 0 Å². The van der Waals surface area contributed by atoms with E-state index >= 15 is 0 Å². The predicted molar refractivity (Wildman–Crippen MR) is 81.5 cm³/mol. The fourth-order valence-corrected chi connectivity index (χ4v) is 2.49. The smallest absolute Gasteiger partial charge is 0.213 e. The van der Waals surface area contributed by atoms with Crippen molar-refractivity contribution >= 4 is 5.57 Å². The molecule has 20 heavy (non-hydrogen) atoms. The van der Waals surface area contributed by atoms with E-state index in [0.29, 0.717) is 12.5 Å². The quantitative estimate of drug-likeness (QED) is 0.804. The number of hydrogen-bond donors (Lipinski definition) is 0. The topological polar surface area (TPSA) is 22.1 Å². The van der Waals surface area contributed by atoms with Crippen LogP contribution in [0.3, 0.4) is 0 Å². The first-order chi connectivity index (χ1) is 9.92. The van der Waals surface area contributed by atoms with Gasteiger partial charge >= 0.3 is 0 Å². The summed E-state index contributed by atoms with van der Waals surface area (Å²) in [5.41, 5.74) is 3.82. The average Bonchev–Trinajstić information content (AvgIpc) is 2.55. The van der Waals surface area contributed by atoms with Gasteiger partial charge < -0.3 is 4.74 Å². The number of hydrogen-bond acceptors (Lipinski definition) is 2. The number of allylic oxidation sites excluding steroid dienone is 2. The molecular weight excluding hydrogens is 246 g/mol. The Morgan fingerprint density at radius 1 is 1.00 bits per heavy atom. The van der Waals surface area contributed by atoms with Crippen LogP contribution < -0.4 is 4.74 Å². The molecule has 0 amide bonds. The molecule has 2 heteroatoms. The number of benzene rings is 1. The second-order valence-corrected chi connectivity index (χ2v) is 5.13. The molecule has 2 aromatic rings. The molecule has 0 aliphatic heterocycles. The lowest BCUT2D eigenvalue weighted by molar-refractivity contribution is 0.294. The standard InChI is InChI=1S/C18H19NO/c1-3-7-15(8-4-1)14-20-18-12-11-17(13-19-18)16-9-5-2-6-10-16/h1,3-4,7-9,11-13H,2,5-6,10,14H2. The maximum Gasteiger partial charge on any atom is 0.213 e. The first-order valence-electron chi connectivity index (χ1n) is 7.24. The van der Waals surface area contributed by atoms with Gasteiger partial charge in [0, 0.05) is 12.3 Å². The third-order valence-electron chi connectivity index (χ3n) is 3.63. The molecule has 0 unspecified atom stereocenters. The average molecular weight is 265 g/mol. The fraction of sp³-hybridized carbons (Fsp3) is 0.278. The molecular formula is C18H19NO. The number of aromatic nitrogens is 1. The van der Waals surface area contributed by atoms with Crippen molar-refractivity contribution in [2.45, 2.75) is 32.3 Å². The van der Waals surface area contributed by atoms with Crippen LogP contribution in [0.15, 0.2) is 54.7 Å². The Balaban J connectivity index is 1.63. The molecule has 2 nitrogen and oxygen atoms in total. The van der Waals surface area contributed by atoms with Crippen LogP contribution >= 0.6 is 0 Å². The maximum atomic E-state index is 5.70. The Morgan fingerprint density at radius 2 is 1.90 bits per heavy atom. The van der Waals surface area contributed by atoms with E-state index < -0.39 is 0 Å². The van der Waals surface area contributed by atoms with Crippen LogP contribution in [-0.4, -0.2) is 4.98 Å². The van der Waals surface area contributed by atoms with Gasteiger partial charge in [0.05, 0.1) is 0 Å². The third-order valence-corrected chi connectivity index (χ3v) is 3.63. The van der Waals surface area contributed by atoms with E-state index in [4.69, 9.17) is 4.74 Å². The highest BCUT2D eigenvalue weighted by molar-refractivity contribution is 5.65. The van der Waals surface area contributed by atoms with Crippen molar-refractivity contribution in [3.63, 3.8) is 0 Å². The first kappa shape index (κ1) is 12.9. The monoisotopic (exact) mass is 265 g/mol. The molecule has 1 aromatic carbocycles. The molecule has 0 fully saturated rings. The Bertz CT molecular complexity index is 572. The van der Waals surface area contributed by atoms with Crippen LogP contribution in [0.1, 0.15) is 36.8 Å². The highest BCUT2D eigenvalue weighted by Crippen LogP contribution is 2.26. The summed E-state index contributed by atoms with van der Waals surface area (Å²) in [6.45, 7) is 0.565. The van der Waals surface area contributed by atoms with Crippen molar-refractivity contribution in [3.8, 4) is 5.88 Å². The lowest BCUT2D eigenvalue weighted by atomic mass is 9.95. The van der Waals surface area contributed by atoms with Gasteiger partial charge in [-0.1, -0.05) is 36.4 Å². The van der Waals surface area contributed by atoms with Crippen molar-refractivity contribution in [3.05, 3.63) is 65.9 Å². The van der Waals surface area contributed by atoms with E-state index in [0.717, 1.165) is 5.56 Å². The summed E-state index contributed by atoms with van der Waals surface area (Å²) < 4.78 is 5.70.